The summed E-state index contributed by atoms with van der Waals surface area (Å²) in [5, 5.41) is 9.90. The van der Waals surface area contributed by atoms with Crippen molar-refractivity contribution in [1.29, 1.82) is 0 Å². The van der Waals surface area contributed by atoms with Crippen molar-refractivity contribution in [2.75, 3.05) is 0 Å². The van der Waals surface area contributed by atoms with Gasteiger partial charge in [-0.25, -0.2) is 8.78 Å². The smallest absolute Gasteiger partial charge is 0.131 e. The average Bonchev–Trinajstić information content (AvgIpc) is 2.76. The largest absolute Gasteiger partial charge is 0.388 e. The minimum absolute atomic E-state index is 0.123. The third-order valence-corrected chi connectivity index (χ3v) is 3.32. The second-order valence-electron chi connectivity index (χ2n) is 3.81. The lowest BCUT2D eigenvalue weighted by atomic mass is 10.0. The highest BCUT2D eigenvalue weighted by Gasteiger charge is 2.16. The second kappa shape index (κ2) is 4.89. The van der Waals surface area contributed by atoms with Crippen LogP contribution < -0.4 is 0 Å². The van der Waals surface area contributed by atoms with E-state index in [4.69, 9.17) is 0 Å². The molecule has 2 rings (SSSR count). The molecule has 2 aromatic rings. The van der Waals surface area contributed by atoms with E-state index < -0.39 is 17.7 Å². The van der Waals surface area contributed by atoms with Crippen LogP contribution in [0.25, 0.3) is 0 Å². The molecule has 2 nitrogen and oxygen atoms in total. The average molecular weight is 255 g/mol. The Morgan fingerprint density at radius 3 is 2.76 bits per heavy atom. The Balaban J connectivity index is 2.24. The van der Waals surface area contributed by atoms with Gasteiger partial charge in [-0.3, -0.25) is 4.98 Å². The minimum atomic E-state index is -0.977. The van der Waals surface area contributed by atoms with E-state index in [1.54, 1.807) is 11.7 Å². The highest BCUT2D eigenvalue weighted by atomic mass is 32.1. The number of rotatable bonds is 3. The molecule has 0 aliphatic heterocycles. The van der Waals surface area contributed by atoms with Crippen LogP contribution in [0.3, 0.4) is 0 Å². The number of hydrogen-bond donors (Lipinski definition) is 1. The summed E-state index contributed by atoms with van der Waals surface area (Å²) in [5.74, 6) is -1.32. The van der Waals surface area contributed by atoms with E-state index in [0.717, 1.165) is 10.9 Å². The zero-order chi connectivity index (χ0) is 12.4. The molecule has 0 saturated heterocycles. The van der Waals surface area contributed by atoms with E-state index >= 15 is 0 Å². The van der Waals surface area contributed by atoms with Crippen LogP contribution in [0, 0.1) is 18.6 Å². The number of aromatic nitrogens is 1. The van der Waals surface area contributed by atoms with Crippen molar-refractivity contribution in [2.45, 2.75) is 19.4 Å². The van der Waals surface area contributed by atoms with Crippen molar-refractivity contribution in [3.63, 3.8) is 0 Å². The Morgan fingerprint density at radius 2 is 2.12 bits per heavy atom. The molecule has 5 heteroatoms. The van der Waals surface area contributed by atoms with Gasteiger partial charge in [-0.15, -0.1) is 11.3 Å². The van der Waals surface area contributed by atoms with Gasteiger partial charge in [-0.05, 0) is 18.6 Å². The van der Waals surface area contributed by atoms with Gasteiger partial charge in [-0.2, -0.15) is 0 Å². The van der Waals surface area contributed by atoms with Crippen molar-refractivity contribution in [3.05, 3.63) is 51.5 Å². The molecule has 1 atom stereocenters. The molecule has 0 saturated carbocycles. The van der Waals surface area contributed by atoms with Crippen molar-refractivity contribution in [1.82, 2.24) is 4.98 Å². The van der Waals surface area contributed by atoms with Gasteiger partial charge in [0.1, 0.15) is 11.6 Å². The number of hydrogen-bond acceptors (Lipinski definition) is 3. The Labute approximate surface area is 102 Å². The molecule has 0 spiro atoms. The number of thiazole rings is 1. The van der Waals surface area contributed by atoms with Crippen molar-refractivity contribution in [3.8, 4) is 0 Å². The second-order valence-corrected chi connectivity index (χ2v) is 4.78. The Morgan fingerprint density at radius 1 is 1.35 bits per heavy atom. The molecule has 1 aromatic heterocycles. The Bertz CT molecular complexity index is 513. The summed E-state index contributed by atoms with van der Waals surface area (Å²) in [5.41, 5.74) is 2.09. The topological polar surface area (TPSA) is 33.1 Å². The number of nitrogens with zero attached hydrogens (tertiary/aromatic N) is 1. The van der Waals surface area contributed by atoms with Gasteiger partial charge in [0, 0.05) is 29.1 Å². The first kappa shape index (κ1) is 12.1. The van der Waals surface area contributed by atoms with Gasteiger partial charge in [-0.1, -0.05) is 0 Å². The Hall–Kier alpha value is -1.33. The maximum absolute atomic E-state index is 13.5. The van der Waals surface area contributed by atoms with E-state index in [-0.39, 0.29) is 12.0 Å². The normalized spacial score (nSPS) is 12.7. The van der Waals surface area contributed by atoms with Crippen molar-refractivity contribution in [2.24, 2.45) is 0 Å². The van der Waals surface area contributed by atoms with E-state index in [1.165, 1.54) is 24.3 Å². The van der Waals surface area contributed by atoms with Gasteiger partial charge in [0.25, 0.3) is 0 Å². The molecule has 0 aliphatic carbocycles. The summed E-state index contributed by atoms with van der Waals surface area (Å²) in [6.07, 6.45) is 0.934. The first-order chi connectivity index (χ1) is 8.08. The molecule has 17 heavy (non-hydrogen) atoms. The van der Waals surface area contributed by atoms with Gasteiger partial charge >= 0.3 is 0 Å². The quantitative estimate of drug-likeness (QED) is 0.914. The summed E-state index contributed by atoms with van der Waals surface area (Å²) >= 11 is 1.39. The van der Waals surface area contributed by atoms with Crippen LogP contribution in [0.1, 0.15) is 22.1 Å². The van der Waals surface area contributed by atoms with Gasteiger partial charge in [0.05, 0.1) is 11.6 Å². The summed E-state index contributed by atoms with van der Waals surface area (Å²) in [6.45, 7) is 1.54. The molecular formula is C12H11F2NOS. The predicted octanol–water partition coefficient (Wildman–Crippen LogP) is 3.01. The fourth-order valence-corrected chi connectivity index (χ4v) is 2.21. The van der Waals surface area contributed by atoms with E-state index in [2.05, 4.69) is 4.98 Å². The lowest BCUT2D eigenvalue weighted by Gasteiger charge is -2.12. The lowest BCUT2D eigenvalue weighted by Crippen LogP contribution is -2.05. The first-order valence-electron chi connectivity index (χ1n) is 5.09. The molecule has 1 aromatic carbocycles. The van der Waals surface area contributed by atoms with Gasteiger partial charge < -0.3 is 5.11 Å². The van der Waals surface area contributed by atoms with E-state index in [0.29, 0.717) is 5.56 Å². The van der Waals surface area contributed by atoms with E-state index in [1.807, 2.05) is 0 Å². The number of aliphatic hydroxyl groups excluding tert-OH is 1. The molecule has 1 heterocycles. The zero-order valence-electron chi connectivity index (χ0n) is 9.15. The molecule has 0 bridgehead atoms. The van der Waals surface area contributed by atoms with Crippen molar-refractivity contribution >= 4 is 11.3 Å². The Kier molecular flexibility index (Phi) is 3.49. The molecule has 1 N–H and O–H groups in total. The predicted molar refractivity (Wildman–Crippen MR) is 61.9 cm³/mol. The van der Waals surface area contributed by atoms with Crippen LogP contribution >= 0.6 is 11.3 Å². The SMILES string of the molecule is Cc1cc(C(O)Cc2cncs2)c(F)cc1F. The number of halogens is 2. The van der Waals surface area contributed by atoms with Gasteiger partial charge in [0.15, 0.2) is 0 Å². The summed E-state index contributed by atoms with van der Waals surface area (Å²) in [4.78, 5) is 4.74. The molecule has 1 unspecified atom stereocenters. The third-order valence-electron chi connectivity index (χ3n) is 2.51. The fourth-order valence-electron chi connectivity index (χ4n) is 1.58. The highest BCUT2D eigenvalue weighted by Crippen LogP contribution is 2.24. The maximum Gasteiger partial charge on any atom is 0.131 e. The lowest BCUT2D eigenvalue weighted by molar-refractivity contribution is 0.174. The number of benzene rings is 1. The molecule has 0 aliphatic rings. The summed E-state index contributed by atoms with van der Waals surface area (Å²) in [7, 11) is 0. The first-order valence-corrected chi connectivity index (χ1v) is 5.97. The molecule has 0 amide bonds. The van der Waals surface area contributed by atoms with Crippen LogP contribution in [-0.2, 0) is 6.42 Å². The minimum Gasteiger partial charge on any atom is -0.388 e. The van der Waals surface area contributed by atoms with Crippen LogP contribution in [0.4, 0.5) is 8.78 Å². The number of aryl methyl sites for hydroxylation is 1. The number of aliphatic hydroxyl groups is 1. The molecule has 0 fully saturated rings. The van der Waals surface area contributed by atoms with Crippen LogP contribution in [0.2, 0.25) is 0 Å². The van der Waals surface area contributed by atoms with Crippen molar-refractivity contribution < 1.29 is 13.9 Å². The van der Waals surface area contributed by atoms with Crippen LogP contribution in [0.15, 0.2) is 23.8 Å². The monoisotopic (exact) mass is 255 g/mol. The van der Waals surface area contributed by atoms with Crippen LogP contribution in [0.5, 0.6) is 0 Å². The van der Waals surface area contributed by atoms with Gasteiger partial charge in [0.2, 0.25) is 0 Å². The van der Waals surface area contributed by atoms with E-state index in [9.17, 15) is 13.9 Å². The molecular weight excluding hydrogens is 244 g/mol. The summed E-state index contributed by atoms with van der Waals surface area (Å²) in [6, 6.07) is 2.15. The third kappa shape index (κ3) is 2.68. The zero-order valence-corrected chi connectivity index (χ0v) is 9.97. The molecule has 0 radical (unpaired) electrons. The maximum atomic E-state index is 13.5. The highest BCUT2D eigenvalue weighted by molar-refractivity contribution is 7.09. The standard InChI is InChI=1S/C12H11F2NOS/c1-7-2-9(11(14)4-10(7)13)12(16)3-8-5-15-6-17-8/h2,4-6,12,16H,3H2,1H3. The van der Waals surface area contributed by atoms with Crippen LogP contribution in [-0.4, -0.2) is 10.1 Å². The fraction of sp³-hybridized carbons (Fsp3) is 0.250. The molecule has 90 valence electrons. The summed E-state index contributed by atoms with van der Waals surface area (Å²) < 4.78 is 26.6.